The number of hydrogen-bond donors (Lipinski definition) is 0. The lowest BCUT2D eigenvalue weighted by Gasteiger charge is -2.04. The Labute approximate surface area is 114 Å². The van der Waals surface area contributed by atoms with E-state index >= 15 is 0 Å². The maximum atomic E-state index is 5.80. The standard InChI is InChI=1S/C13H11BrClNO/c14-12-5-11(6-16-7-12)9-17-8-10-1-3-13(15)4-2-10/h1-7H,8-9H2. The largest absolute Gasteiger partial charge is 0.372 e. The summed E-state index contributed by atoms with van der Waals surface area (Å²) in [7, 11) is 0. The minimum Gasteiger partial charge on any atom is -0.372 e. The summed E-state index contributed by atoms with van der Waals surface area (Å²) in [4.78, 5) is 4.08. The van der Waals surface area contributed by atoms with Gasteiger partial charge in [0.2, 0.25) is 0 Å². The van der Waals surface area contributed by atoms with Crippen LogP contribution in [0, 0.1) is 0 Å². The van der Waals surface area contributed by atoms with E-state index in [0.717, 1.165) is 20.6 Å². The van der Waals surface area contributed by atoms with Gasteiger partial charge in [-0.05, 0) is 45.3 Å². The van der Waals surface area contributed by atoms with Crippen molar-refractivity contribution in [3.63, 3.8) is 0 Å². The molecule has 0 unspecified atom stereocenters. The van der Waals surface area contributed by atoms with E-state index in [1.54, 1.807) is 12.4 Å². The Balaban J connectivity index is 1.85. The minimum absolute atomic E-state index is 0.551. The molecule has 2 nitrogen and oxygen atoms in total. The molecule has 0 fully saturated rings. The third-order valence-corrected chi connectivity index (χ3v) is 2.90. The third kappa shape index (κ3) is 4.11. The SMILES string of the molecule is Clc1ccc(COCc2cncc(Br)c2)cc1. The molecule has 0 radical (unpaired) electrons. The number of benzene rings is 1. The number of halogens is 2. The highest BCUT2D eigenvalue weighted by molar-refractivity contribution is 9.10. The molecule has 0 amide bonds. The molecule has 17 heavy (non-hydrogen) atoms. The van der Waals surface area contributed by atoms with Crippen molar-refractivity contribution in [1.29, 1.82) is 0 Å². The van der Waals surface area contributed by atoms with Crippen molar-refractivity contribution < 1.29 is 4.74 Å². The molecule has 1 aromatic carbocycles. The average Bonchev–Trinajstić information content (AvgIpc) is 2.32. The van der Waals surface area contributed by atoms with Crippen molar-refractivity contribution in [2.24, 2.45) is 0 Å². The maximum Gasteiger partial charge on any atom is 0.0736 e. The highest BCUT2D eigenvalue weighted by Gasteiger charge is 1.97. The fraction of sp³-hybridized carbons (Fsp3) is 0.154. The lowest BCUT2D eigenvalue weighted by atomic mass is 10.2. The molecule has 0 aliphatic carbocycles. The second-order valence-electron chi connectivity index (χ2n) is 3.63. The highest BCUT2D eigenvalue weighted by Crippen LogP contribution is 2.13. The summed E-state index contributed by atoms with van der Waals surface area (Å²) in [6.45, 7) is 1.12. The maximum absolute atomic E-state index is 5.80. The minimum atomic E-state index is 0.551. The zero-order valence-electron chi connectivity index (χ0n) is 9.07. The van der Waals surface area contributed by atoms with Gasteiger partial charge in [-0.25, -0.2) is 0 Å². The van der Waals surface area contributed by atoms with Crippen LogP contribution in [0.15, 0.2) is 47.2 Å². The average molecular weight is 313 g/mol. The lowest BCUT2D eigenvalue weighted by Crippen LogP contribution is -1.94. The van der Waals surface area contributed by atoms with Crippen LogP contribution in [0.5, 0.6) is 0 Å². The summed E-state index contributed by atoms with van der Waals surface area (Å²) in [5.74, 6) is 0. The molecule has 1 heterocycles. The van der Waals surface area contributed by atoms with Gasteiger partial charge in [-0.2, -0.15) is 0 Å². The van der Waals surface area contributed by atoms with Crippen molar-refractivity contribution in [2.75, 3.05) is 0 Å². The van der Waals surface area contributed by atoms with E-state index in [9.17, 15) is 0 Å². The van der Waals surface area contributed by atoms with E-state index in [0.29, 0.717) is 13.2 Å². The summed E-state index contributed by atoms with van der Waals surface area (Å²) >= 11 is 9.18. The molecule has 0 aliphatic rings. The fourth-order valence-electron chi connectivity index (χ4n) is 1.40. The molecule has 88 valence electrons. The Hall–Kier alpha value is -0.900. The first-order valence-electron chi connectivity index (χ1n) is 5.15. The van der Waals surface area contributed by atoms with Crippen LogP contribution in [0.4, 0.5) is 0 Å². The molecule has 0 N–H and O–H groups in total. The lowest BCUT2D eigenvalue weighted by molar-refractivity contribution is 0.107. The zero-order valence-corrected chi connectivity index (χ0v) is 11.4. The van der Waals surface area contributed by atoms with E-state index in [2.05, 4.69) is 20.9 Å². The van der Waals surface area contributed by atoms with Gasteiger partial charge in [0, 0.05) is 21.9 Å². The van der Waals surface area contributed by atoms with Crippen molar-refractivity contribution in [2.45, 2.75) is 13.2 Å². The first kappa shape index (κ1) is 12.6. The van der Waals surface area contributed by atoms with Gasteiger partial charge in [-0.1, -0.05) is 23.7 Å². The van der Waals surface area contributed by atoms with Gasteiger partial charge in [0.05, 0.1) is 13.2 Å². The van der Waals surface area contributed by atoms with Gasteiger partial charge in [-0.15, -0.1) is 0 Å². The Kier molecular flexibility index (Phi) is 4.54. The summed E-state index contributed by atoms with van der Waals surface area (Å²) in [5.41, 5.74) is 2.16. The molecule has 0 bridgehead atoms. The monoisotopic (exact) mass is 311 g/mol. The first-order valence-corrected chi connectivity index (χ1v) is 6.33. The van der Waals surface area contributed by atoms with Gasteiger partial charge in [0.25, 0.3) is 0 Å². The van der Waals surface area contributed by atoms with E-state index < -0.39 is 0 Å². The number of rotatable bonds is 4. The summed E-state index contributed by atoms with van der Waals surface area (Å²) in [6.07, 6.45) is 3.55. The van der Waals surface area contributed by atoms with E-state index in [1.165, 1.54) is 0 Å². The number of ether oxygens (including phenoxy) is 1. The second kappa shape index (κ2) is 6.15. The Bertz CT molecular complexity index is 487. The van der Waals surface area contributed by atoms with Crippen LogP contribution < -0.4 is 0 Å². The molecule has 0 atom stereocenters. The van der Waals surface area contributed by atoms with Crippen LogP contribution in [-0.4, -0.2) is 4.98 Å². The third-order valence-electron chi connectivity index (χ3n) is 2.21. The van der Waals surface area contributed by atoms with Crippen LogP contribution in [0.3, 0.4) is 0 Å². The van der Waals surface area contributed by atoms with Crippen LogP contribution in [0.25, 0.3) is 0 Å². The van der Waals surface area contributed by atoms with Crippen molar-refractivity contribution in [3.8, 4) is 0 Å². The molecule has 0 saturated heterocycles. The van der Waals surface area contributed by atoms with E-state index in [4.69, 9.17) is 16.3 Å². The smallest absolute Gasteiger partial charge is 0.0736 e. The number of aromatic nitrogens is 1. The summed E-state index contributed by atoms with van der Waals surface area (Å²) < 4.78 is 6.56. The number of pyridine rings is 1. The van der Waals surface area contributed by atoms with Gasteiger partial charge >= 0.3 is 0 Å². The summed E-state index contributed by atoms with van der Waals surface area (Å²) in [6, 6.07) is 9.64. The molecule has 1 aromatic heterocycles. The predicted molar refractivity (Wildman–Crippen MR) is 71.9 cm³/mol. The van der Waals surface area contributed by atoms with Crippen LogP contribution in [0.1, 0.15) is 11.1 Å². The summed E-state index contributed by atoms with van der Waals surface area (Å²) in [5, 5.41) is 0.741. The van der Waals surface area contributed by atoms with Crippen molar-refractivity contribution in [1.82, 2.24) is 4.98 Å². The topological polar surface area (TPSA) is 22.1 Å². The molecule has 4 heteroatoms. The van der Waals surface area contributed by atoms with Gasteiger partial charge in [0.1, 0.15) is 0 Å². The van der Waals surface area contributed by atoms with E-state index in [-0.39, 0.29) is 0 Å². The number of nitrogens with zero attached hydrogens (tertiary/aromatic N) is 1. The van der Waals surface area contributed by atoms with Crippen LogP contribution >= 0.6 is 27.5 Å². The van der Waals surface area contributed by atoms with Crippen LogP contribution in [-0.2, 0) is 18.0 Å². The molecule has 0 aliphatic heterocycles. The quantitative estimate of drug-likeness (QED) is 0.843. The normalized spacial score (nSPS) is 10.5. The van der Waals surface area contributed by atoms with Crippen molar-refractivity contribution >= 4 is 27.5 Å². The van der Waals surface area contributed by atoms with E-state index in [1.807, 2.05) is 30.3 Å². The predicted octanol–water partition coefficient (Wildman–Crippen LogP) is 4.21. The van der Waals surface area contributed by atoms with Crippen molar-refractivity contribution in [3.05, 3.63) is 63.3 Å². The Morgan fingerprint density at radius 2 is 1.76 bits per heavy atom. The number of hydrogen-bond acceptors (Lipinski definition) is 2. The molecular formula is C13H11BrClNO. The van der Waals surface area contributed by atoms with Crippen LogP contribution in [0.2, 0.25) is 5.02 Å². The molecule has 0 spiro atoms. The second-order valence-corrected chi connectivity index (χ2v) is 4.98. The van der Waals surface area contributed by atoms with Gasteiger partial charge in [0.15, 0.2) is 0 Å². The van der Waals surface area contributed by atoms with Gasteiger partial charge in [-0.3, -0.25) is 4.98 Å². The molecule has 2 aromatic rings. The Morgan fingerprint density at radius 1 is 1.06 bits per heavy atom. The Morgan fingerprint density at radius 3 is 2.47 bits per heavy atom. The highest BCUT2D eigenvalue weighted by atomic mass is 79.9. The fourth-order valence-corrected chi connectivity index (χ4v) is 1.94. The zero-order chi connectivity index (χ0) is 12.1. The molecular weight excluding hydrogens is 302 g/mol. The first-order chi connectivity index (χ1) is 8.24. The molecule has 0 saturated carbocycles. The van der Waals surface area contributed by atoms with Gasteiger partial charge < -0.3 is 4.74 Å². The molecule has 2 rings (SSSR count).